The van der Waals surface area contributed by atoms with Crippen LogP contribution in [0.15, 0.2) is 200 Å². The smallest absolute Gasteiger partial charge is 0.00201 e. The first-order valence-electron chi connectivity index (χ1n) is 17.3. The van der Waals surface area contributed by atoms with Crippen molar-refractivity contribution in [3.05, 3.63) is 217 Å². The summed E-state index contributed by atoms with van der Waals surface area (Å²) in [5.41, 5.74) is 12.3. The van der Waals surface area contributed by atoms with Crippen molar-refractivity contribution in [1.82, 2.24) is 0 Å². The molecule has 234 valence electrons. The zero-order valence-corrected chi connectivity index (χ0v) is 27.6. The van der Waals surface area contributed by atoms with Gasteiger partial charge in [-0.05, 0) is 94.0 Å². The van der Waals surface area contributed by atoms with Gasteiger partial charge in [0, 0.05) is 0 Å². The van der Waals surface area contributed by atoms with Gasteiger partial charge in [-0.2, -0.15) is 0 Å². The van der Waals surface area contributed by atoms with E-state index < -0.39 is 0 Å². The van der Waals surface area contributed by atoms with Crippen LogP contribution in [0.3, 0.4) is 0 Å². The number of hydrogen-bond donors (Lipinski definition) is 0. The molecule has 0 spiro atoms. The van der Waals surface area contributed by atoms with Crippen molar-refractivity contribution in [1.29, 1.82) is 0 Å². The average Bonchev–Trinajstić information content (AvgIpc) is 3.20. The first-order chi connectivity index (χ1) is 24.8. The Labute approximate surface area is 293 Å². The molecule has 0 radical (unpaired) electrons. The Kier molecular flexibility index (Phi) is 7.61. The second-order valence-corrected chi connectivity index (χ2v) is 12.8. The summed E-state index contributed by atoms with van der Waals surface area (Å²) in [6, 6.07) is 72.4. The van der Waals surface area contributed by atoms with Gasteiger partial charge in [0.2, 0.25) is 0 Å². The third-order valence-corrected chi connectivity index (χ3v) is 9.89. The lowest BCUT2D eigenvalue weighted by atomic mass is 9.84. The molecule has 0 aliphatic rings. The molecule has 0 heterocycles. The fourth-order valence-corrected chi connectivity index (χ4v) is 7.60. The molecule has 0 bridgehead atoms. The van der Waals surface area contributed by atoms with Crippen molar-refractivity contribution in [2.45, 2.75) is 0 Å². The molecule has 50 heavy (non-hydrogen) atoms. The van der Waals surface area contributed by atoms with Crippen LogP contribution >= 0.6 is 0 Å². The Balaban J connectivity index is 1.19. The van der Waals surface area contributed by atoms with Crippen molar-refractivity contribution < 1.29 is 0 Å². The highest BCUT2D eigenvalue weighted by atomic mass is 14.2. The molecule has 0 aliphatic heterocycles. The van der Waals surface area contributed by atoms with Gasteiger partial charge < -0.3 is 0 Å². The predicted molar refractivity (Wildman–Crippen MR) is 215 cm³/mol. The van der Waals surface area contributed by atoms with Gasteiger partial charge in [0.1, 0.15) is 0 Å². The fraction of sp³-hybridized carbons (Fsp3) is 0. The van der Waals surface area contributed by atoms with E-state index in [-0.39, 0.29) is 0 Å². The van der Waals surface area contributed by atoms with Gasteiger partial charge in [0.25, 0.3) is 0 Å². The van der Waals surface area contributed by atoms with Gasteiger partial charge >= 0.3 is 0 Å². The largest absolute Gasteiger partial charge is 0.0622 e. The second kappa shape index (κ2) is 12.8. The Morgan fingerprint density at radius 3 is 1.20 bits per heavy atom. The van der Waals surface area contributed by atoms with Crippen molar-refractivity contribution in [2.75, 3.05) is 0 Å². The predicted octanol–water partition coefficient (Wildman–Crippen LogP) is 13.7. The lowest BCUT2D eigenvalue weighted by molar-refractivity contribution is 1.55. The highest BCUT2D eigenvalue weighted by Crippen LogP contribution is 2.46. The van der Waals surface area contributed by atoms with E-state index in [0.29, 0.717) is 0 Å². The lowest BCUT2D eigenvalue weighted by Gasteiger charge is -2.19. The number of rotatable bonds is 6. The quantitative estimate of drug-likeness (QED) is 0.126. The zero-order valence-electron chi connectivity index (χ0n) is 27.6. The van der Waals surface area contributed by atoms with E-state index >= 15 is 0 Å². The summed E-state index contributed by atoms with van der Waals surface area (Å²) < 4.78 is 0. The minimum atomic E-state index is 1.17. The van der Waals surface area contributed by atoms with Crippen LogP contribution in [0.4, 0.5) is 0 Å². The minimum absolute atomic E-state index is 1.17. The van der Waals surface area contributed by atoms with Crippen LogP contribution in [-0.4, -0.2) is 0 Å². The topological polar surface area (TPSA) is 0 Å². The molecule has 0 saturated heterocycles. The van der Waals surface area contributed by atoms with Gasteiger partial charge in [-0.1, -0.05) is 200 Å². The van der Waals surface area contributed by atoms with Gasteiger partial charge in [-0.25, -0.2) is 0 Å². The third kappa shape index (κ3) is 5.28. The summed E-state index contributed by atoms with van der Waals surface area (Å²) in [5, 5.41) is 7.60. The normalized spacial score (nSPS) is 11.2. The van der Waals surface area contributed by atoms with Crippen LogP contribution in [0.1, 0.15) is 16.7 Å². The number of fused-ring (bicyclic) bond motifs is 3. The summed E-state index contributed by atoms with van der Waals surface area (Å²) in [7, 11) is 0. The molecule has 0 N–H and O–H groups in total. The summed E-state index contributed by atoms with van der Waals surface area (Å²) >= 11 is 0. The first kappa shape index (κ1) is 29.6. The van der Waals surface area contributed by atoms with Gasteiger partial charge in [0.05, 0.1) is 0 Å². The maximum atomic E-state index is 2.34. The molecular weight excluding hydrogens is 601 g/mol. The molecule has 9 aromatic carbocycles. The van der Waals surface area contributed by atoms with E-state index in [1.165, 1.54) is 88.0 Å². The van der Waals surface area contributed by atoms with E-state index in [0.717, 1.165) is 0 Å². The van der Waals surface area contributed by atoms with Crippen LogP contribution in [0, 0.1) is 0 Å². The van der Waals surface area contributed by atoms with Gasteiger partial charge in [0.15, 0.2) is 0 Å². The molecule has 0 heteroatoms. The monoisotopic (exact) mass is 634 g/mol. The highest BCUT2D eigenvalue weighted by Gasteiger charge is 2.18. The van der Waals surface area contributed by atoms with E-state index in [9.17, 15) is 0 Å². The maximum Gasteiger partial charge on any atom is -0.00201 e. The van der Waals surface area contributed by atoms with Crippen molar-refractivity contribution in [3.8, 4) is 33.4 Å². The molecule has 0 aliphatic carbocycles. The molecule has 0 aromatic heterocycles. The lowest BCUT2D eigenvalue weighted by Crippen LogP contribution is -1.92. The standard InChI is InChI=1S/C50H34/c1-4-16-36(17-5-1)48(37-18-6-2-7-19-37)34-35-28-30-38(31-29-35)40-32-33-47(42-23-11-10-22-41(40)42)50-45-26-14-12-24-43(45)49(39-20-8-3-9-21-39)44-25-13-15-27-46(44)50/h1-34H. The third-order valence-electron chi connectivity index (χ3n) is 9.89. The van der Waals surface area contributed by atoms with E-state index in [1.54, 1.807) is 0 Å². The number of hydrogen-bond acceptors (Lipinski definition) is 0. The van der Waals surface area contributed by atoms with Crippen LogP contribution in [0.2, 0.25) is 0 Å². The SMILES string of the molecule is C(=C(c1ccccc1)c1ccccc1)c1ccc(-c2ccc(-c3c4ccccc4c(-c4ccccc4)c4ccccc34)c3ccccc23)cc1. The van der Waals surface area contributed by atoms with Crippen molar-refractivity contribution >= 4 is 44.0 Å². The molecule has 0 atom stereocenters. The highest BCUT2D eigenvalue weighted by molar-refractivity contribution is 6.24. The maximum absolute atomic E-state index is 2.34. The molecule has 9 aromatic rings. The molecule has 0 saturated carbocycles. The van der Waals surface area contributed by atoms with Crippen LogP contribution in [0.25, 0.3) is 77.3 Å². The van der Waals surface area contributed by atoms with Gasteiger partial charge in [-0.3, -0.25) is 0 Å². The number of benzene rings is 9. The Morgan fingerprint density at radius 1 is 0.280 bits per heavy atom. The average molecular weight is 635 g/mol. The Morgan fingerprint density at radius 2 is 0.680 bits per heavy atom. The van der Waals surface area contributed by atoms with Crippen LogP contribution in [0.5, 0.6) is 0 Å². The van der Waals surface area contributed by atoms with Gasteiger partial charge in [-0.15, -0.1) is 0 Å². The second-order valence-electron chi connectivity index (χ2n) is 12.8. The van der Waals surface area contributed by atoms with Crippen LogP contribution < -0.4 is 0 Å². The molecule has 0 nitrogen and oxygen atoms in total. The van der Waals surface area contributed by atoms with Crippen LogP contribution in [-0.2, 0) is 0 Å². The van der Waals surface area contributed by atoms with Crippen molar-refractivity contribution in [3.63, 3.8) is 0 Å². The molecule has 0 amide bonds. The van der Waals surface area contributed by atoms with E-state index in [1.807, 2.05) is 0 Å². The minimum Gasteiger partial charge on any atom is -0.0622 e. The summed E-state index contributed by atoms with van der Waals surface area (Å²) in [5.74, 6) is 0. The molecule has 0 fully saturated rings. The first-order valence-corrected chi connectivity index (χ1v) is 17.3. The molecule has 0 unspecified atom stereocenters. The molecule has 9 rings (SSSR count). The summed E-state index contributed by atoms with van der Waals surface area (Å²) in [6.45, 7) is 0. The summed E-state index contributed by atoms with van der Waals surface area (Å²) in [6.07, 6.45) is 2.30. The Hall–Kier alpha value is -6.50. The zero-order chi connectivity index (χ0) is 33.3. The Bertz CT molecular complexity index is 2550. The summed E-state index contributed by atoms with van der Waals surface area (Å²) in [4.78, 5) is 0. The van der Waals surface area contributed by atoms with Crippen molar-refractivity contribution in [2.24, 2.45) is 0 Å². The van der Waals surface area contributed by atoms with E-state index in [4.69, 9.17) is 0 Å². The fourth-order valence-electron chi connectivity index (χ4n) is 7.60. The van der Waals surface area contributed by atoms with E-state index in [2.05, 4.69) is 206 Å². The molecular formula is C50H34.